The average molecular weight is 401 g/mol. The number of rotatable bonds is 2. The number of carbonyl (C=O) groups excluding carboxylic acids is 3. The number of hydrogen-bond donors (Lipinski definition) is 0. The number of hydrogen-bond acceptors (Lipinski definition) is 5. The molecule has 0 spiro atoms. The largest absolute Gasteiger partial charge is 0.458 e. The first-order valence-corrected chi connectivity index (χ1v) is 10.5. The van der Waals surface area contributed by atoms with Crippen LogP contribution in [0, 0.1) is 17.3 Å². The van der Waals surface area contributed by atoms with Crippen molar-refractivity contribution in [2.45, 2.75) is 78.9 Å². The highest BCUT2D eigenvalue weighted by atomic mass is 16.5. The van der Waals surface area contributed by atoms with Crippen LogP contribution >= 0.6 is 0 Å². The lowest BCUT2D eigenvalue weighted by molar-refractivity contribution is -0.146. The quantitative estimate of drug-likeness (QED) is 0.505. The summed E-state index contributed by atoms with van der Waals surface area (Å²) in [7, 11) is 0. The molecular weight excluding hydrogens is 368 g/mol. The molecule has 0 aromatic heterocycles. The number of ether oxygens (including phenoxy) is 2. The van der Waals surface area contributed by atoms with Gasteiger partial charge >= 0.3 is 11.9 Å². The second-order valence-electron chi connectivity index (χ2n) is 9.28. The van der Waals surface area contributed by atoms with Crippen LogP contribution in [0.4, 0.5) is 0 Å². The molecular formula is C24H32O5. The van der Waals surface area contributed by atoms with Gasteiger partial charge in [-0.25, -0.2) is 0 Å². The molecule has 0 fully saturated rings. The zero-order valence-corrected chi connectivity index (χ0v) is 18.2. The smallest absolute Gasteiger partial charge is 0.303 e. The third kappa shape index (κ3) is 4.10. The monoisotopic (exact) mass is 400 g/mol. The molecule has 0 saturated heterocycles. The Balaban J connectivity index is 2.12. The SMILES string of the molecule is C=C1CCC2CCC3=C(C(=O)C(C(C)=CC(OC(C)=O)C1)C3OC(C)=O)C2(C)C. The summed E-state index contributed by atoms with van der Waals surface area (Å²) >= 11 is 0. The highest BCUT2D eigenvalue weighted by molar-refractivity contribution is 6.05. The van der Waals surface area contributed by atoms with Crippen molar-refractivity contribution in [3.63, 3.8) is 0 Å². The number of ketones is 1. The molecule has 3 bridgehead atoms. The number of fused-ring (bicyclic) bond motifs is 2. The number of carbonyl (C=O) groups is 3. The van der Waals surface area contributed by atoms with Gasteiger partial charge in [-0.3, -0.25) is 14.4 Å². The van der Waals surface area contributed by atoms with E-state index in [0.29, 0.717) is 12.3 Å². The zero-order chi connectivity index (χ0) is 21.5. The third-order valence-corrected chi connectivity index (χ3v) is 6.81. The molecule has 4 unspecified atom stereocenters. The second-order valence-corrected chi connectivity index (χ2v) is 9.28. The van der Waals surface area contributed by atoms with Crippen molar-refractivity contribution in [2.75, 3.05) is 0 Å². The Morgan fingerprint density at radius 3 is 2.34 bits per heavy atom. The molecule has 0 amide bonds. The van der Waals surface area contributed by atoms with E-state index in [1.807, 2.05) is 13.0 Å². The molecule has 3 aliphatic carbocycles. The molecule has 0 heterocycles. The van der Waals surface area contributed by atoms with Crippen LogP contribution in [-0.4, -0.2) is 29.9 Å². The van der Waals surface area contributed by atoms with Crippen LogP contribution in [0.1, 0.15) is 66.7 Å². The summed E-state index contributed by atoms with van der Waals surface area (Å²) in [5.74, 6) is -0.891. The van der Waals surface area contributed by atoms with Crippen LogP contribution < -0.4 is 0 Å². The van der Waals surface area contributed by atoms with E-state index in [1.165, 1.54) is 13.8 Å². The summed E-state index contributed by atoms with van der Waals surface area (Å²) in [4.78, 5) is 37.1. The van der Waals surface area contributed by atoms with Crippen LogP contribution in [0.2, 0.25) is 0 Å². The number of Topliss-reactive ketones (excluding diaryl/α,β-unsaturated/α-hetero) is 1. The van der Waals surface area contributed by atoms with Crippen molar-refractivity contribution in [1.82, 2.24) is 0 Å². The van der Waals surface area contributed by atoms with Gasteiger partial charge in [0.15, 0.2) is 5.78 Å². The maximum Gasteiger partial charge on any atom is 0.303 e. The lowest BCUT2D eigenvalue weighted by atomic mass is 9.63. The Morgan fingerprint density at radius 2 is 1.72 bits per heavy atom. The maximum absolute atomic E-state index is 13.6. The first kappa shape index (κ1) is 21.5. The fourth-order valence-electron chi connectivity index (χ4n) is 5.47. The molecule has 5 heteroatoms. The summed E-state index contributed by atoms with van der Waals surface area (Å²) in [6, 6.07) is 0. The van der Waals surface area contributed by atoms with Gasteiger partial charge in [0, 0.05) is 25.8 Å². The van der Waals surface area contributed by atoms with E-state index < -0.39 is 18.1 Å². The van der Waals surface area contributed by atoms with E-state index >= 15 is 0 Å². The van der Waals surface area contributed by atoms with E-state index in [9.17, 15) is 14.4 Å². The fraction of sp³-hybridized carbons (Fsp3) is 0.625. The van der Waals surface area contributed by atoms with Crippen molar-refractivity contribution in [1.29, 1.82) is 0 Å². The summed E-state index contributed by atoms with van der Waals surface area (Å²) in [5, 5.41) is 0. The van der Waals surface area contributed by atoms with E-state index in [1.54, 1.807) is 0 Å². The van der Waals surface area contributed by atoms with Gasteiger partial charge in [-0.05, 0) is 55.6 Å². The average Bonchev–Trinajstić information content (AvgIpc) is 2.85. The topological polar surface area (TPSA) is 69.7 Å². The molecule has 0 saturated carbocycles. The van der Waals surface area contributed by atoms with E-state index in [-0.39, 0.29) is 23.1 Å². The molecule has 0 aromatic carbocycles. The van der Waals surface area contributed by atoms with Gasteiger partial charge in [-0.1, -0.05) is 31.6 Å². The summed E-state index contributed by atoms with van der Waals surface area (Å²) in [5.41, 5.74) is 3.38. The standard InChI is InChI=1S/C24H32O5/c1-13-7-8-17-9-10-19-21(24(17,5)6)22(27)20(23(19)29-16(4)26)14(2)12-18(11-13)28-15(3)25/h12,17-18,20,23H,1,7-11H2,2-6H3. The van der Waals surface area contributed by atoms with Crippen LogP contribution in [0.5, 0.6) is 0 Å². The predicted octanol–water partition coefficient (Wildman–Crippen LogP) is 4.47. The first-order chi connectivity index (χ1) is 13.5. The fourth-order valence-corrected chi connectivity index (χ4v) is 5.47. The minimum Gasteiger partial charge on any atom is -0.458 e. The summed E-state index contributed by atoms with van der Waals surface area (Å²) in [6.45, 7) is 13.1. The molecule has 0 aliphatic heterocycles. The lowest BCUT2D eigenvalue weighted by Gasteiger charge is -2.40. The van der Waals surface area contributed by atoms with Gasteiger partial charge in [0.25, 0.3) is 0 Å². The first-order valence-electron chi connectivity index (χ1n) is 10.5. The van der Waals surface area contributed by atoms with Crippen molar-refractivity contribution in [3.05, 3.63) is 34.9 Å². The molecule has 3 rings (SSSR count). The molecule has 3 aliphatic rings. The Hall–Kier alpha value is -2.17. The van der Waals surface area contributed by atoms with Crippen LogP contribution in [0.25, 0.3) is 0 Å². The van der Waals surface area contributed by atoms with Crippen LogP contribution in [-0.2, 0) is 23.9 Å². The van der Waals surface area contributed by atoms with Gasteiger partial charge in [-0.2, -0.15) is 0 Å². The van der Waals surface area contributed by atoms with Crippen LogP contribution in [0.15, 0.2) is 34.9 Å². The number of esters is 2. The maximum atomic E-state index is 13.6. The zero-order valence-electron chi connectivity index (χ0n) is 18.2. The Kier molecular flexibility index (Phi) is 5.88. The highest BCUT2D eigenvalue weighted by Gasteiger charge is 2.53. The van der Waals surface area contributed by atoms with Crippen molar-refractivity contribution in [2.24, 2.45) is 17.3 Å². The van der Waals surface area contributed by atoms with E-state index in [0.717, 1.165) is 48.0 Å². The van der Waals surface area contributed by atoms with Gasteiger partial charge in [0.2, 0.25) is 0 Å². The Labute approximate surface area is 173 Å². The van der Waals surface area contributed by atoms with Gasteiger partial charge < -0.3 is 9.47 Å². The van der Waals surface area contributed by atoms with Gasteiger partial charge in [0.05, 0.1) is 5.92 Å². The summed E-state index contributed by atoms with van der Waals surface area (Å²) < 4.78 is 11.2. The van der Waals surface area contributed by atoms with Crippen molar-refractivity contribution >= 4 is 17.7 Å². The minimum atomic E-state index is -0.562. The van der Waals surface area contributed by atoms with E-state index in [2.05, 4.69) is 20.4 Å². The normalized spacial score (nSPS) is 31.7. The molecule has 0 N–H and O–H groups in total. The molecule has 5 nitrogen and oxygen atoms in total. The summed E-state index contributed by atoms with van der Waals surface area (Å²) in [6.07, 6.45) is 4.87. The Morgan fingerprint density at radius 1 is 1.10 bits per heavy atom. The highest BCUT2D eigenvalue weighted by Crippen LogP contribution is 2.54. The molecule has 0 radical (unpaired) electrons. The Bertz CT molecular complexity index is 813. The van der Waals surface area contributed by atoms with E-state index in [4.69, 9.17) is 9.47 Å². The van der Waals surface area contributed by atoms with Gasteiger partial charge in [-0.15, -0.1) is 0 Å². The molecule has 29 heavy (non-hydrogen) atoms. The van der Waals surface area contributed by atoms with Gasteiger partial charge in [0.1, 0.15) is 12.2 Å². The van der Waals surface area contributed by atoms with Crippen molar-refractivity contribution in [3.8, 4) is 0 Å². The molecule has 0 aromatic rings. The van der Waals surface area contributed by atoms with Crippen LogP contribution in [0.3, 0.4) is 0 Å². The third-order valence-electron chi connectivity index (χ3n) is 6.81. The second kappa shape index (κ2) is 7.92. The number of allylic oxidation sites excluding steroid dienone is 1. The molecule has 158 valence electrons. The molecule has 4 atom stereocenters. The lowest BCUT2D eigenvalue weighted by Crippen LogP contribution is -2.33. The predicted molar refractivity (Wildman–Crippen MR) is 110 cm³/mol. The van der Waals surface area contributed by atoms with Crippen molar-refractivity contribution < 1.29 is 23.9 Å². The minimum absolute atomic E-state index is 0.0516.